The summed E-state index contributed by atoms with van der Waals surface area (Å²) in [6, 6.07) is 8.11. The molecule has 0 spiro atoms. The van der Waals surface area contributed by atoms with Crippen LogP contribution in [0.2, 0.25) is 0 Å². The lowest BCUT2D eigenvalue weighted by Crippen LogP contribution is -2.30. The summed E-state index contributed by atoms with van der Waals surface area (Å²) in [6.45, 7) is 4.54. The first kappa shape index (κ1) is 13.7. The molecule has 0 aromatic heterocycles. The third-order valence-corrected chi connectivity index (χ3v) is 2.82. The predicted octanol–water partition coefficient (Wildman–Crippen LogP) is 2.20. The van der Waals surface area contributed by atoms with Crippen LogP contribution in [-0.2, 0) is 11.2 Å². The van der Waals surface area contributed by atoms with Gasteiger partial charge in [0.05, 0.1) is 0 Å². The molecule has 3 nitrogen and oxygen atoms in total. The number of benzene rings is 1. The molecule has 0 saturated heterocycles. The largest absolute Gasteiger partial charge is 0.330 e. The van der Waals surface area contributed by atoms with Crippen molar-refractivity contribution in [2.45, 2.75) is 26.7 Å². The van der Waals surface area contributed by atoms with E-state index in [1.807, 2.05) is 33.0 Å². The van der Waals surface area contributed by atoms with Gasteiger partial charge in [-0.2, -0.15) is 0 Å². The van der Waals surface area contributed by atoms with Gasteiger partial charge in [0, 0.05) is 18.7 Å². The summed E-state index contributed by atoms with van der Waals surface area (Å²) in [7, 11) is 1.82. The van der Waals surface area contributed by atoms with Crippen LogP contribution in [-0.4, -0.2) is 19.5 Å². The lowest BCUT2D eigenvalue weighted by molar-refractivity contribution is -0.121. The van der Waals surface area contributed by atoms with Crippen LogP contribution < -0.4 is 10.6 Å². The smallest absolute Gasteiger partial charge is 0.229 e. The highest BCUT2D eigenvalue weighted by Crippen LogP contribution is 2.16. The monoisotopic (exact) mass is 234 g/mol. The number of rotatable bonds is 5. The van der Waals surface area contributed by atoms with Gasteiger partial charge in [-0.15, -0.1) is 0 Å². The fraction of sp³-hybridized carbons (Fsp3) is 0.500. The molecule has 1 amide bonds. The van der Waals surface area contributed by atoms with E-state index in [0.717, 1.165) is 18.5 Å². The summed E-state index contributed by atoms with van der Waals surface area (Å²) in [4.78, 5) is 13.5. The van der Waals surface area contributed by atoms with Gasteiger partial charge < -0.3 is 10.6 Å². The topological polar surface area (TPSA) is 46.3 Å². The van der Waals surface area contributed by atoms with E-state index < -0.39 is 0 Å². The average Bonchev–Trinajstić information content (AvgIpc) is 2.35. The van der Waals surface area contributed by atoms with Crippen LogP contribution in [0.25, 0.3) is 0 Å². The van der Waals surface area contributed by atoms with Gasteiger partial charge in [0.25, 0.3) is 0 Å². The van der Waals surface area contributed by atoms with Crippen LogP contribution in [0, 0.1) is 5.92 Å². The molecule has 0 saturated carbocycles. The van der Waals surface area contributed by atoms with Gasteiger partial charge in [0.15, 0.2) is 0 Å². The molecule has 0 atom stereocenters. The van der Waals surface area contributed by atoms with Crippen molar-refractivity contribution in [1.29, 1.82) is 0 Å². The molecule has 0 heterocycles. The average molecular weight is 234 g/mol. The van der Waals surface area contributed by atoms with E-state index in [-0.39, 0.29) is 11.8 Å². The molecule has 3 heteroatoms. The highest BCUT2D eigenvalue weighted by atomic mass is 16.2. The molecular weight excluding hydrogens is 212 g/mol. The fourth-order valence-electron chi connectivity index (χ4n) is 1.71. The number of hydrogen-bond donors (Lipinski definition) is 1. The number of nitrogens with zero attached hydrogens (tertiary/aromatic N) is 1. The van der Waals surface area contributed by atoms with Gasteiger partial charge in [0.2, 0.25) is 5.91 Å². The Morgan fingerprint density at radius 3 is 2.35 bits per heavy atom. The quantitative estimate of drug-likeness (QED) is 0.849. The van der Waals surface area contributed by atoms with E-state index in [2.05, 4.69) is 12.1 Å². The van der Waals surface area contributed by atoms with Crippen LogP contribution in [0.15, 0.2) is 24.3 Å². The SMILES string of the molecule is CC(C)C(=O)N(C)c1ccc(CCCN)cc1. The summed E-state index contributed by atoms with van der Waals surface area (Å²) in [5.41, 5.74) is 7.69. The second-order valence-corrected chi connectivity index (χ2v) is 4.61. The van der Waals surface area contributed by atoms with Gasteiger partial charge in [-0.1, -0.05) is 26.0 Å². The van der Waals surface area contributed by atoms with E-state index in [4.69, 9.17) is 5.73 Å². The molecule has 0 aliphatic carbocycles. The molecule has 94 valence electrons. The van der Waals surface area contributed by atoms with Crippen molar-refractivity contribution >= 4 is 11.6 Å². The maximum absolute atomic E-state index is 11.8. The van der Waals surface area contributed by atoms with Crippen molar-refractivity contribution in [2.24, 2.45) is 11.7 Å². The summed E-state index contributed by atoms with van der Waals surface area (Å²) >= 11 is 0. The number of amides is 1. The highest BCUT2D eigenvalue weighted by Gasteiger charge is 2.14. The van der Waals surface area contributed by atoms with Gasteiger partial charge in [-0.05, 0) is 37.1 Å². The Bertz CT molecular complexity index is 357. The zero-order valence-electron chi connectivity index (χ0n) is 10.9. The Hall–Kier alpha value is -1.35. The zero-order chi connectivity index (χ0) is 12.8. The van der Waals surface area contributed by atoms with E-state index in [1.54, 1.807) is 4.90 Å². The van der Waals surface area contributed by atoms with Gasteiger partial charge in [-0.25, -0.2) is 0 Å². The molecule has 0 fully saturated rings. The summed E-state index contributed by atoms with van der Waals surface area (Å²) in [5.74, 6) is 0.164. The number of aryl methyl sites for hydroxylation is 1. The number of carbonyl (C=O) groups excluding carboxylic acids is 1. The molecule has 0 aliphatic rings. The van der Waals surface area contributed by atoms with Crippen molar-refractivity contribution in [1.82, 2.24) is 0 Å². The molecule has 2 N–H and O–H groups in total. The molecule has 1 rings (SSSR count). The van der Waals surface area contributed by atoms with Crippen molar-refractivity contribution in [3.05, 3.63) is 29.8 Å². The molecular formula is C14H22N2O. The van der Waals surface area contributed by atoms with Crippen molar-refractivity contribution in [2.75, 3.05) is 18.5 Å². The van der Waals surface area contributed by atoms with Gasteiger partial charge >= 0.3 is 0 Å². The minimum absolute atomic E-state index is 0.0249. The third-order valence-electron chi connectivity index (χ3n) is 2.82. The first-order valence-corrected chi connectivity index (χ1v) is 6.13. The van der Waals surface area contributed by atoms with Crippen LogP contribution in [0.4, 0.5) is 5.69 Å². The van der Waals surface area contributed by atoms with Crippen molar-refractivity contribution in [3.8, 4) is 0 Å². The second kappa shape index (κ2) is 6.40. The van der Waals surface area contributed by atoms with E-state index in [9.17, 15) is 4.79 Å². The normalized spacial score (nSPS) is 10.6. The molecule has 1 aromatic carbocycles. The maximum Gasteiger partial charge on any atom is 0.229 e. The predicted molar refractivity (Wildman–Crippen MR) is 72.1 cm³/mol. The van der Waals surface area contributed by atoms with Crippen molar-refractivity contribution < 1.29 is 4.79 Å². The van der Waals surface area contributed by atoms with E-state index in [1.165, 1.54) is 5.56 Å². The minimum atomic E-state index is 0.0249. The van der Waals surface area contributed by atoms with Crippen molar-refractivity contribution in [3.63, 3.8) is 0 Å². The summed E-state index contributed by atoms with van der Waals surface area (Å²) in [5, 5.41) is 0. The third kappa shape index (κ3) is 3.86. The number of anilines is 1. The Kier molecular flexibility index (Phi) is 5.16. The number of hydrogen-bond acceptors (Lipinski definition) is 2. The standard InChI is InChI=1S/C14H22N2O/c1-11(2)14(17)16(3)13-8-6-12(7-9-13)5-4-10-15/h6-9,11H,4-5,10,15H2,1-3H3. The summed E-state index contributed by atoms with van der Waals surface area (Å²) < 4.78 is 0. The Morgan fingerprint density at radius 2 is 1.88 bits per heavy atom. The van der Waals surface area contributed by atoms with Crippen LogP contribution in [0.5, 0.6) is 0 Å². The molecule has 0 radical (unpaired) electrons. The molecule has 0 aliphatic heterocycles. The number of carbonyl (C=O) groups is 1. The molecule has 0 bridgehead atoms. The highest BCUT2D eigenvalue weighted by molar-refractivity contribution is 5.94. The Morgan fingerprint density at radius 1 is 1.29 bits per heavy atom. The van der Waals surface area contributed by atoms with Gasteiger partial charge in [0.1, 0.15) is 0 Å². The minimum Gasteiger partial charge on any atom is -0.330 e. The lowest BCUT2D eigenvalue weighted by Gasteiger charge is -2.19. The first-order chi connectivity index (χ1) is 8.06. The van der Waals surface area contributed by atoms with E-state index >= 15 is 0 Å². The number of nitrogens with two attached hydrogens (primary N) is 1. The maximum atomic E-state index is 11.8. The Balaban J connectivity index is 2.70. The second-order valence-electron chi connectivity index (χ2n) is 4.61. The molecule has 0 unspecified atom stereocenters. The van der Waals surface area contributed by atoms with Crippen LogP contribution >= 0.6 is 0 Å². The summed E-state index contributed by atoms with van der Waals surface area (Å²) in [6.07, 6.45) is 2.00. The fourth-order valence-corrected chi connectivity index (χ4v) is 1.71. The molecule has 1 aromatic rings. The first-order valence-electron chi connectivity index (χ1n) is 6.13. The molecule has 17 heavy (non-hydrogen) atoms. The zero-order valence-corrected chi connectivity index (χ0v) is 10.9. The van der Waals surface area contributed by atoms with E-state index in [0.29, 0.717) is 6.54 Å². The Labute approximate surface area is 104 Å². The van der Waals surface area contributed by atoms with Crippen LogP contribution in [0.1, 0.15) is 25.8 Å². The lowest BCUT2D eigenvalue weighted by atomic mass is 10.1. The van der Waals surface area contributed by atoms with Crippen LogP contribution in [0.3, 0.4) is 0 Å². The van der Waals surface area contributed by atoms with Gasteiger partial charge in [-0.3, -0.25) is 4.79 Å².